The van der Waals surface area contributed by atoms with Crippen molar-refractivity contribution in [1.29, 1.82) is 0 Å². The molecule has 0 aliphatic rings. The number of anilines is 1. The summed E-state index contributed by atoms with van der Waals surface area (Å²) in [6, 6.07) is 3.06. The highest BCUT2D eigenvalue weighted by atomic mass is 32.1. The number of nitrogens with two attached hydrogens (primary N) is 1. The average Bonchev–Trinajstić information content (AvgIpc) is 2.88. The van der Waals surface area contributed by atoms with E-state index in [1.165, 1.54) is 17.5 Å². The summed E-state index contributed by atoms with van der Waals surface area (Å²) in [6.45, 7) is 0. The summed E-state index contributed by atoms with van der Waals surface area (Å²) in [4.78, 5) is 12.5. The Balaban J connectivity index is 2.03. The fourth-order valence-electron chi connectivity index (χ4n) is 1.02. The second-order valence-corrected chi connectivity index (χ2v) is 4.53. The second kappa shape index (κ2) is 4.47. The predicted molar refractivity (Wildman–Crippen MR) is 59.8 cm³/mol. The van der Waals surface area contributed by atoms with Crippen LogP contribution in [0.2, 0.25) is 0 Å². The number of carbonyl (C=O) groups excluding carboxylic acids is 1. The van der Waals surface area contributed by atoms with Gasteiger partial charge in [0.05, 0.1) is 6.20 Å². The molecule has 15 heavy (non-hydrogen) atoms. The summed E-state index contributed by atoms with van der Waals surface area (Å²) >= 11 is 2.58. The Bertz CT molecular complexity index is 425. The third-order valence-electron chi connectivity index (χ3n) is 1.74. The second-order valence-electron chi connectivity index (χ2n) is 2.76. The Morgan fingerprint density at radius 3 is 3.07 bits per heavy atom. The van der Waals surface area contributed by atoms with E-state index in [4.69, 9.17) is 5.73 Å². The van der Waals surface area contributed by atoms with Crippen molar-refractivity contribution in [3.8, 4) is 0 Å². The van der Waals surface area contributed by atoms with Crippen molar-refractivity contribution in [3.05, 3.63) is 28.6 Å². The van der Waals surface area contributed by atoms with E-state index in [-0.39, 0.29) is 5.91 Å². The average molecular weight is 240 g/mol. The summed E-state index contributed by atoms with van der Waals surface area (Å²) in [5.74, 6) is -0.247. The fourth-order valence-corrected chi connectivity index (χ4v) is 2.17. The van der Waals surface area contributed by atoms with Crippen molar-refractivity contribution in [1.82, 2.24) is 9.59 Å². The maximum absolute atomic E-state index is 11.6. The molecule has 7 heteroatoms. The van der Waals surface area contributed by atoms with Gasteiger partial charge in [-0.1, -0.05) is 10.6 Å². The molecule has 0 radical (unpaired) electrons. The molecule has 1 amide bonds. The molecule has 78 valence electrons. The lowest BCUT2D eigenvalue weighted by atomic mass is 10.2. The van der Waals surface area contributed by atoms with Gasteiger partial charge >= 0.3 is 0 Å². The molecular weight excluding hydrogens is 232 g/mol. The number of nitrogens with one attached hydrogen (secondary N) is 1. The maximum atomic E-state index is 11.6. The molecule has 0 saturated heterocycles. The Kier molecular flexibility index (Phi) is 3.05. The molecule has 3 N–H and O–H groups in total. The number of carbonyl (C=O) groups is 1. The van der Waals surface area contributed by atoms with E-state index in [1.54, 1.807) is 0 Å². The van der Waals surface area contributed by atoms with Gasteiger partial charge in [-0.3, -0.25) is 4.79 Å². The third kappa shape index (κ3) is 2.38. The molecule has 2 aromatic heterocycles. The summed E-state index contributed by atoms with van der Waals surface area (Å²) in [5, 5.41) is 8.75. The first-order valence-corrected chi connectivity index (χ1v) is 5.80. The highest BCUT2D eigenvalue weighted by Crippen LogP contribution is 2.19. The zero-order chi connectivity index (χ0) is 10.7. The normalized spacial score (nSPS) is 12.3. The van der Waals surface area contributed by atoms with E-state index in [2.05, 4.69) is 14.9 Å². The monoisotopic (exact) mass is 240 g/mol. The number of thiophene rings is 1. The van der Waals surface area contributed by atoms with Crippen LogP contribution in [0.5, 0.6) is 0 Å². The quantitative estimate of drug-likeness (QED) is 0.845. The Hall–Kier alpha value is -1.31. The van der Waals surface area contributed by atoms with Crippen LogP contribution >= 0.6 is 22.9 Å². The first kappa shape index (κ1) is 10.2. The van der Waals surface area contributed by atoms with Crippen LogP contribution in [-0.2, 0) is 4.79 Å². The van der Waals surface area contributed by atoms with Gasteiger partial charge in [-0.05, 0) is 11.4 Å². The van der Waals surface area contributed by atoms with Crippen LogP contribution in [0, 0.1) is 0 Å². The van der Waals surface area contributed by atoms with Gasteiger partial charge in [-0.15, -0.1) is 16.4 Å². The molecule has 2 rings (SSSR count). The SMILES string of the molecule is NC(C(=O)Nc1cnns1)c1cccs1. The minimum Gasteiger partial charge on any atom is -0.316 e. The molecule has 0 aliphatic heterocycles. The van der Waals surface area contributed by atoms with Crippen LogP contribution < -0.4 is 11.1 Å². The topological polar surface area (TPSA) is 80.9 Å². The predicted octanol–water partition coefficient (Wildman–Crippen LogP) is 1.24. The molecular formula is C8H8N4OS2. The number of rotatable bonds is 3. The van der Waals surface area contributed by atoms with Crippen LogP contribution in [0.15, 0.2) is 23.7 Å². The molecule has 0 spiro atoms. The van der Waals surface area contributed by atoms with Crippen molar-refractivity contribution in [3.63, 3.8) is 0 Å². The molecule has 0 aliphatic carbocycles. The Morgan fingerprint density at radius 2 is 2.47 bits per heavy atom. The lowest BCUT2D eigenvalue weighted by Crippen LogP contribution is -2.26. The lowest BCUT2D eigenvalue weighted by molar-refractivity contribution is -0.117. The van der Waals surface area contributed by atoms with Crippen molar-refractivity contribution in [2.24, 2.45) is 5.73 Å². The van der Waals surface area contributed by atoms with Crippen LogP contribution in [0.4, 0.5) is 5.00 Å². The van der Waals surface area contributed by atoms with Crippen LogP contribution in [0.25, 0.3) is 0 Å². The van der Waals surface area contributed by atoms with Gasteiger partial charge in [-0.2, -0.15) is 0 Å². The molecule has 2 heterocycles. The molecule has 0 saturated carbocycles. The van der Waals surface area contributed by atoms with Gasteiger partial charge in [0.15, 0.2) is 0 Å². The summed E-state index contributed by atoms with van der Waals surface area (Å²) in [7, 11) is 0. The molecule has 5 nitrogen and oxygen atoms in total. The summed E-state index contributed by atoms with van der Waals surface area (Å²) < 4.78 is 3.64. The van der Waals surface area contributed by atoms with Gasteiger partial charge in [0.2, 0.25) is 5.91 Å². The van der Waals surface area contributed by atoms with Crippen LogP contribution in [0.3, 0.4) is 0 Å². The first-order chi connectivity index (χ1) is 7.27. The summed E-state index contributed by atoms with van der Waals surface area (Å²) in [6.07, 6.45) is 1.49. The Morgan fingerprint density at radius 1 is 1.60 bits per heavy atom. The zero-order valence-electron chi connectivity index (χ0n) is 7.58. The molecule has 0 bridgehead atoms. The lowest BCUT2D eigenvalue weighted by Gasteiger charge is -2.07. The molecule has 2 aromatic rings. The summed E-state index contributed by atoms with van der Waals surface area (Å²) in [5.41, 5.74) is 5.76. The smallest absolute Gasteiger partial charge is 0.247 e. The van der Waals surface area contributed by atoms with Crippen LogP contribution in [-0.4, -0.2) is 15.5 Å². The standard InChI is InChI=1S/C8H8N4OS2/c9-7(5-2-1-3-14-5)8(13)11-6-4-10-12-15-6/h1-4,7H,9H2,(H,11,13). The van der Waals surface area contributed by atoms with Crippen molar-refractivity contribution >= 4 is 33.8 Å². The van der Waals surface area contributed by atoms with E-state index < -0.39 is 6.04 Å². The highest BCUT2D eigenvalue weighted by molar-refractivity contribution is 7.10. The van der Waals surface area contributed by atoms with Gasteiger partial charge in [0.1, 0.15) is 11.0 Å². The Labute approximate surface area is 94.1 Å². The van der Waals surface area contributed by atoms with Gasteiger partial charge < -0.3 is 11.1 Å². The van der Waals surface area contributed by atoms with E-state index in [0.717, 1.165) is 16.4 Å². The van der Waals surface area contributed by atoms with Gasteiger partial charge in [0.25, 0.3) is 0 Å². The minimum atomic E-state index is -0.632. The van der Waals surface area contributed by atoms with E-state index in [1.807, 2.05) is 17.5 Å². The zero-order valence-corrected chi connectivity index (χ0v) is 9.22. The largest absolute Gasteiger partial charge is 0.316 e. The molecule has 1 atom stereocenters. The number of hydrogen-bond donors (Lipinski definition) is 2. The number of amides is 1. The molecule has 1 unspecified atom stereocenters. The molecule has 0 aromatic carbocycles. The number of nitrogens with zero attached hydrogens (tertiary/aromatic N) is 2. The van der Waals surface area contributed by atoms with E-state index >= 15 is 0 Å². The highest BCUT2D eigenvalue weighted by Gasteiger charge is 2.17. The third-order valence-corrected chi connectivity index (χ3v) is 3.28. The molecule has 0 fully saturated rings. The first-order valence-electron chi connectivity index (χ1n) is 4.14. The van der Waals surface area contributed by atoms with Gasteiger partial charge in [0, 0.05) is 16.4 Å². The van der Waals surface area contributed by atoms with Crippen LogP contribution in [0.1, 0.15) is 10.9 Å². The fraction of sp³-hybridized carbons (Fsp3) is 0.125. The number of hydrogen-bond acceptors (Lipinski definition) is 6. The van der Waals surface area contributed by atoms with Gasteiger partial charge in [-0.25, -0.2) is 0 Å². The maximum Gasteiger partial charge on any atom is 0.247 e. The number of aromatic nitrogens is 2. The van der Waals surface area contributed by atoms with E-state index in [9.17, 15) is 4.79 Å². The van der Waals surface area contributed by atoms with Crippen molar-refractivity contribution in [2.45, 2.75) is 6.04 Å². The van der Waals surface area contributed by atoms with Crippen molar-refractivity contribution < 1.29 is 4.79 Å². The van der Waals surface area contributed by atoms with E-state index in [0.29, 0.717) is 5.00 Å². The van der Waals surface area contributed by atoms with Crippen molar-refractivity contribution in [2.75, 3.05) is 5.32 Å². The minimum absolute atomic E-state index is 0.247.